The second-order valence-corrected chi connectivity index (χ2v) is 8.50. The third-order valence-corrected chi connectivity index (χ3v) is 6.75. The van der Waals surface area contributed by atoms with Crippen LogP contribution in [0.25, 0.3) is 10.1 Å². The molecule has 3 aromatic rings. The first-order valence-electron chi connectivity index (χ1n) is 6.44. The van der Waals surface area contributed by atoms with Crippen molar-refractivity contribution in [3.8, 4) is 0 Å². The van der Waals surface area contributed by atoms with Gasteiger partial charge in [0.05, 0.1) is 10.4 Å². The van der Waals surface area contributed by atoms with Gasteiger partial charge in [0, 0.05) is 15.5 Å². The lowest BCUT2D eigenvalue weighted by Crippen LogP contribution is -2.41. The molecule has 10 heteroatoms. The van der Waals surface area contributed by atoms with Gasteiger partial charge in [0.15, 0.2) is 5.01 Å². The highest BCUT2D eigenvalue weighted by Crippen LogP contribution is 2.41. The van der Waals surface area contributed by atoms with E-state index < -0.39 is 17.0 Å². The quantitative estimate of drug-likeness (QED) is 0.468. The lowest BCUT2D eigenvalue weighted by molar-refractivity contribution is -0.358. The molecule has 0 aliphatic heterocycles. The smallest absolute Gasteiger partial charge is 0.353 e. The topological polar surface area (TPSA) is 53.4 Å². The molecule has 3 rings (SSSR count). The van der Waals surface area contributed by atoms with Gasteiger partial charge in [-0.3, -0.25) is 0 Å². The van der Waals surface area contributed by atoms with Crippen molar-refractivity contribution >= 4 is 56.1 Å². The van der Waals surface area contributed by atoms with E-state index in [0.29, 0.717) is 26.3 Å². The molecule has 0 unspecified atom stereocenters. The minimum absolute atomic E-state index is 0.461. The third kappa shape index (κ3) is 3.42. The molecule has 0 radical (unpaired) electrons. The highest BCUT2D eigenvalue weighted by molar-refractivity contribution is 8.00. The summed E-state index contributed by atoms with van der Waals surface area (Å²) in [6, 6.07) is 5.56. The van der Waals surface area contributed by atoms with Gasteiger partial charge in [0.2, 0.25) is 0 Å². The Labute approximate surface area is 151 Å². The molecule has 0 saturated carbocycles. The van der Waals surface area contributed by atoms with Crippen LogP contribution in [0.15, 0.2) is 34.0 Å². The molecule has 128 valence electrons. The molecule has 0 bridgehead atoms. The number of nitrogens with zero attached hydrogens (tertiary/aromatic N) is 1. The Kier molecular flexibility index (Phi) is 4.84. The van der Waals surface area contributed by atoms with Crippen molar-refractivity contribution in [2.45, 2.75) is 21.9 Å². The molecular formula is C14H9ClF3NO2S3. The van der Waals surface area contributed by atoms with Crippen molar-refractivity contribution in [1.29, 1.82) is 0 Å². The number of thiophene rings is 1. The number of aliphatic hydroxyl groups is 2. The predicted molar refractivity (Wildman–Crippen MR) is 90.7 cm³/mol. The predicted octanol–water partition coefficient (Wildman–Crippen LogP) is 5.00. The maximum Gasteiger partial charge on any atom is 0.450 e. The number of benzene rings is 1. The summed E-state index contributed by atoms with van der Waals surface area (Å²) in [7, 11) is 0. The fourth-order valence-electron chi connectivity index (χ4n) is 1.92. The first-order chi connectivity index (χ1) is 11.2. The molecule has 0 saturated heterocycles. The molecule has 2 heterocycles. The Morgan fingerprint density at radius 3 is 2.71 bits per heavy atom. The lowest BCUT2D eigenvalue weighted by atomic mass is 10.2. The summed E-state index contributed by atoms with van der Waals surface area (Å²) in [5, 5.41) is 21.2. The molecular weight excluding hydrogens is 403 g/mol. The number of thioether (sulfide) groups is 1. The van der Waals surface area contributed by atoms with Crippen LogP contribution in [-0.4, -0.2) is 21.4 Å². The van der Waals surface area contributed by atoms with Crippen LogP contribution in [0.4, 0.5) is 13.2 Å². The average Bonchev–Trinajstić information content (AvgIpc) is 3.10. The van der Waals surface area contributed by atoms with Crippen LogP contribution in [0.5, 0.6) is 0 Å². The van der Waals surface area contributed by atoms with Crippen molar-refractivity contribution in [3.63, 3.8) is 0 Å². The van der Waals surface area contributed by atoms with E-state index >= 15 is 0 Å². The molecule has 0 atom stereocenters. The minimum Gasteiger partial charge on any atom is -0.353 e. The Hall–Kier alpha value is -0.840. The number of thiazole rings is 1. The molecule has 3 nitrogen and oxygen atoms in total. The van der Waals surface area contributed by atoms with E-state index in [2.05, 4.69) is 4.98 Å². The van der Waals surface area contributed by atoms with E-state index in [1.807, 2.05) is 17.5 Å². The van der Waals surface area contributed by atoms with Crippen molar-refractivity contribution in [2.75, 3.05) is 0 Å². The molecule has 24 heavy (non-hydrogen) atoms. The second kappa shape index (κ2) is 6.47. The molecule has 2 aromatic heterocycles. The normalized spacial score (nSPS) is 12.9. The standard InChI is InChI=1S/C14H9ClF3NO2S3/c15-8-1-2-10-9(3-8)7(5-22-10)6-23-11-4-19-12(24-11)13(20,21)14(16,17)18/h1-5,20-21H,6H2. The van der Waals surface area contributed by atoms with Gasteiger partial charge in [-0.1, -0.05) is 11.6 Å². The van der Waals surface area contributed by atoms with Gasteiger partial charge < -0.3 is 10.2 Å². The number of halogens is 4. The minimum atomic E-state index is -5.20. The summed E-state index contributed by atoms with van der Waals surface area (Å²) in [6.45, 7) is 0. The van der Waals surface area contributed by atoms with Gasteiger partial charge in [0.25, 0.3) is 0 Å². The van der Waals surface area contributed by atoms with Gasteiger partial charge >= 0.3 is 12.0 Å². The number of hydrogen-bond donors (Lipinski definition) is 2. The zero-order valence-corrected chi connectivity index (χ0v) is 14.9. The monoisotopic (exact) mass is 411 g/mol. The summed E-state index contributed by atoms with van der Waals surface area (Å²) in [5.41, 5.74) is 1.01. The third-order valence-electron chi connectivity index (χ3n) is 3.16. The number of aromatic nitrogens is 1. The lowest BCUT2D eigenvalue weighted by Gasteiger charge is -2.21. The average molecular weight is 412 g/mol. The van der Waals surface area contributed by atoms with Crippen LogP contribution >= 0.6 is 46.0 Å². The molecule has 0 spiro atoms. The summed E-state index contributed by atoms with van der Waals surface area (Å²) < 4.78 is 39.3. The fourth-order valence-corrected chi connectivity index (χ4v) is 5.12. The Bertz CT molecular complexity index is 876. The van der Waals surface area contributed by atoms with E-state index in [1.165, 1.54) is 18.0 Å². The second-order valence-electron chi connectivity index (χ2n) is 4.84. The summed E-state index contributed by atoms with van der Waals surface area (Å²) in [4.78, 5) is 3.49. The van der Waals surface area contributed by atoms with Crippen LogP contribution in [-0.2, 0) is 11.5 Å². The number of rotatable bonds is 4. The van der Waals surface area contributed by atoms with Gasteiger partial charge in [-0.05, 0) is 34.5 Å². The van der Waals surface area contributed by atoms with E-state index in [0.717, 1.165) is 15.6 Å². The van der Waals surface area contributed by atoms with Crippen LogP contribution in [0.1, 0.15) is 10.6 Å². The van der Waals surface area contributed by atoms with E-state index in [4.69, 9.17) is 11.6 Å². The zero-order valence-electron chi connectivity index (χ0n) is 11.7. The van der Waals surface area contributed by atoms with Crippen LogP contribution in [0.2, 0.25) is 5.02 Å². The molecule has 1 aromatic carbocycles. The number of hydrogen-bond acceptors (Lipinski definition) is 6. The fraction of sp³-hybridized carbons (Fsp3) is 0.214. The van der Waals surface area contributed by atoms with Crippen molar-refractivity contribution in [1.82, 2.24) is 4.98 Å². The molecule has 0 amide bonds. The maximum atomic E-state index is 12.6. The molecule has 0 aliphatic rings. The Morgan fingerprint density at radius 1 is 1.25 bits per heavy atom. The summed E-state index contributed by atoms with van der Waals surface area (Å²) in [6.07, 6.45) is -3.99. The van der Waals surface area contributed by atoms with Crippen molar-refractivity contribution < 1.29 is 23.4 Å². The first-order valence-corrected chi connectivity index (χ1v) is 9.50. The van der Waals surface area contributed by atoms with E-state index in [1.54, 1.807) is 17.4 Å². The van der Waals surface area contributed by atoms with Gasteiger partial charge in [-0.25, -0.2) is 4.98 Å². The molecule has 0 aliphatic carbocycles. The van der Waals surface area contributed by atoms with Crippen LogP contribution in [0.3, 0.4) is 0 Å². The largest absolute Gasteiger partial charge is 0.450 e. The first kappa shape index (κ1) is 18.0. The number of fused-ring (bicyclic) bond motifs is 1. The highest BCUT2D eigenvalue weighted by atomic mass is 35.5. The van der Waals surface area contributed by atoms with Gasteiger partial charge in [-0.2, -0.15) is 13.2 Å². The van der Waals surface area contributed by atoms with Gasteiger partial charge in [0.1, 0.15) is 0 Å². The maximum absolute atomic E-state index is 12.6. The Morgan fingerprint density at radius 2 is 2.00 bits per heavy atom. The highest BCUT2D eigenvalue weighted by Gasteiger charge is 2.56. The van der Waals surface area contributed by atoms with Crippen LogP contribution in [0, 0.1) is 0 Å². The number of alkyl halides is 3. The molecule has 0 fully saturated rings. The van der Waals surface area contributed by atoms with Crippen LogP contribution < -0.4 is 0 Å². The van der Waals surface area contributed by atoms with Gasteiger partial charge in [-0.15, -0.1) is 34.4 Å². The van der Waals surface area contributed by atoms with Crippen molar-refractivity contribution in [2.24, 2.45) is 0 Å². The van der Waals surface area contributed by atoms with Crippen molar-refractivity contribution in [3.05, 3.63) is 45.4 Å². The Balaban J connectivity index is 1.77. The van der Waals surface area contributed by atoms with E-state index in [9.17, 15) is 23.4 Å². The zero-order chi connectivity index (χ0) is 17.5. The summed E-state index contributed by atoms with van der Waals surface area (Å²) in [5.74, 6) is -3.42. The van der Waals surface area contributed by atoms with E-state index in [-0.39, 0.29) is 0 Å². The summed E-state index contributed by atoms with van der Waals surface area (Å²) >= 11 is 9.43. The molecule has 2 N–H and O–H groups in total. The SMILES string of the molecule is OC(O)(c1ncc(SCc2csc3ccc(Cl)cc23)s1)C(F)(F)F.